The first kappa shape index (κ1) is 14.4. The topological polar surface area (TPSA) is 37.3 Å². The normalized spacial score (nSPS) is 20.4. The molecule has 0 radical (unpaired) electrons. The zero-order valence-corrected chi connectivity index (χ0v) is 12.8. The quantitative estimate of drug-likeness (QED) is 0.893. The number of hydrogen-bond acceptors (Lipinski definition) is 4. The number of pyridine rings is 1. The zero-order valence-electron chi connectivity index (χ0n) is 12.0. The minimum absolute atomic E-state index is 0.264. The molecule has 2 heterocycles. The minimum Gasteiger partial charge on any atom is -0.358 e. The number of thioether (sulfide) groups is 1. The Morgan fingerprint density at radius 3 is 2.84 bits per heavy atom. The van der Waals surface area contributed by atoms with Crippen molar-refractivity contribution in [3.8, 4) is 0 Å². The van der Waals surface area contributed by atoms with Crippen LogP contribution in [0.25, 0.3) is 0 Å². The van der Waals surface area contributed by atoms with Gasteiger partial charge in [0.25, 0.3) is 0 Å². The Labute approximate surface area is 120 Å². The number of aromatic nitrogens is 1. The molecule has 2 atom stereocenters. The summed E-state index contributed by atoms with van der Waals surface area (Å²) in [5.41, 5.74) is 1.21. The maximum absolute atomic E-state index is 4.65. The second-order valence-corrected chi connectivity index (χ2v) is 6.26. The van der Waals surface area contributed by atoms with E-state index in [-0.39, 0.29) is 6.04 Å². The van der Waals surface area contributed by atoms with Gasteiger partial charge in [0, 0.05) is 17.6 Å². The largest absolute Gasteiger partial charge is 0.358 e. The third-order valence-electron chi connectivity index (χ3n) is 3.78. The van der Waals surface area contributed by atoms with Crippen molar-refractivity contribution in [3.63, 3.8) is 0 Å². The Morgan fingerprint density at radius 2 is 2.21 bits per heavy atom. The molecule has 0 saturated heterocycles. The molecule has 0 amide bonds. The van der Waals surface area contributed by atoms with Gasteiger partial charge < -0.3 is 5.32 Å². The number of nitrogens with one attached hydrogen (secondary N) is 1. The summed E-state index contributed by atoms with van der Waals surface area (Å²) in [4.78, 5) is 8.81. The lowest BCUT2D eigenvalue weighted by Gasteiger charge is -2.20. The van der Waals surface area contributed by atoms with Crippen molar-refractivity contribution in [1.82, 2.24) is 10.3 Å². The lowest BCUT2D eigenvalue weighted by Crippen LogP contribution is -2.24. The molecule has 0 aliphatic carbocycles. The second-order valence-electron chi connectivity index (χ2n) is 5.03. The molecule has 1 aromatic rings. The molecule has 0 saturated carbocycles. The summed E-state index contributed by atoms with van der Waals surface area (Å²) in [6.07, 6.45) is 6.21. The molecule has 4 heteroatoms. The van der Waals surface area contributed by atoms with Crippen LogP contribution in [0.3, 0.4) is 0 Å². The smallest absolute Gasteiger partial charge is 0.157 e. The molecule has 1 aliphatic rings. The SMILES string of the molecule is CCC(CC)C1CN=C(NC(C)c2cccnc2)S1. The van der Waals surface area contributed by atoms with Crippen LogP contribution < -0.4 is 5.32 Å². The van der Waals surface area contributed by atoms with Gasteiger partial charge in [0.05, 0.1) is 12.6 Å². The van der Waals surface area contributed by atoms with Crippen molar-refractivity contribution in [2.45, 2.75) is 44.9 Å². The molecular formula is C15H23N3S. The highest BCUT2D eigenvalue weighted by molar-refractivity contribution is 8.14. The van der Waals surface area contributed by atoms with Crippen LogP contribution in [0.4, 0.5) is 0 Å². The fourth-order valence-corrected chi connectivity index (χ4v) is 3.84. The first-order chi connectivity index (χ1) is 9.24. The van der Waals surface area contributed by atoms with Gasteiger partial charge in [-0.25, -0.2) is 0 Å². The molecule has 19 heavy (non-hydrogen) atoms. The van der Waals surface area contributed by atoms with E-state index in [0.29, 0.717) is 5.25 Å². The van der Waals surface area contributed by atoms with Gasteiger partial charge in [0.1, 0.15) is 0 Å². The fourth-order valence-electron chi connectivity index (χ4n) is 2.43. The van der Waals surface area contributed by atoms with Crippen LogP contribution in [0.1, 0.15) is 45.2 Å². The van der Waals surface area contributed by atoms with E-state index in [4.69, 9.17) is 0 Å². The summed E-state index contributed by atoms with van der Waals surface area (Å²) < 4.78 is 0. The van der Waals surface area contributed by atoms with Gasteiger partial charge in [-0.2, -0.15) is 0 Å². The standard InChI is InChI=1S/C15H23N3S/c1-4-12(5-2)14-10-17-15(19-14)18-11(3)13-7-6-8-16-9-13/h6-9,11-12,14H,4-5,10H2,1-3H3,(H,17,18). The molecule has 0 spiro atoms. The lowest BCUT2D eigenvalue weighted by molar-refractivity contribution is 0.479. The highest BCUT2D eigenvalue weighted by Gasteiger charge is 2.26. The summed E-state index contributed by atoms with van der Waals surface area (Å²) in [5.74, 6) is 0.779. The Kier molecular flexibility index (Phi) is 5.25. The fraction of sp³-hybridized carbons (Fsp3) is 0.600. The maximum Gasteiger partial charge on any atom is 0.157 e. The van der Waals surface area contributed by atoms with Crippen molar-refractivity contribution in [1.29, 1.82) is 0 Å². The number of amidine groups is 1. The minimum atomic E-state index is 0.264. The van der Waals surface area contributed by atoms with Gasteiger partial charge in [-0.15, -0.1) is 0 Å². The Morgan fingerprint density at radius 1 is 1.42 bits per heavy atom. The molecule has 0 fully saturated rings. The average Bonchev–Trinajstić information content (AvgIpc) is 2.89. The molecule has 3 nitrogen and oxygen atoms in total. The van der Waals surface area contributed by atoms with Gasteiger partial charge in [0.15, 0.2) is 5.17 Å². The molecule has 2 rings (SSSR count). The van der Waals surface area contributed by atoms with Crippen LogP contribution in [0, 0.1) is 5.92 Å². The van der Waals surface area contributed by atoms with E-state index in [9.17, 15) is 0 Å². The van der Waals surface area contributed by atoms with E-state index in [1.165, 1.54) is 18.4 Å². The van der Waals surface area contributed by atoms with Gasteiger partial charge in [-0.3, -0.25) is 9.98 Å². The predicted molar refractivity (Wildman–Crippen MR) is 83.5 cm³/mol. The maximum atomic E-state index is 4.65. The van der Waals surface area contributed by atoms with E-state index in [1.807, 2.05) is 24.0 Å². The van der Waals surface area contributed by atoms with E-state index < -0.39 is 0 Å². The van der Waals surface area contributed by atoms with Gasteiger partial charge in [-0.1, -0.05) is 44.5 Å². The van der Waals surface area contributed by atoms with Crippen LogP contribution in [-0.2, 0) is 0 Å². The second kappa shape index (κ2) is 6.94. The number of nitrogens with zero attached hydrogens (tertiary/aromatic N) is 2. The third-order valence-corrected chi connectivity index (χ3v) is 5.08. The number of aliphatic imine (C=N–C) groups is 1. The van der Waals surface area contributed by atoms with E-state index in [0.717, 1.165) is 17.6 Å². The van der Waals surface area contributed by atoms with Gasteiger partial charge >= 0.3 is 0 Å². The van der Waals surface area contributed by atoms with E-state index in [2.05, 4.69) is 42.1 Å². The molecule has 0 bridgehead atoms. The van der Waals surface area contributed by atoms with E-state index >= 15 is 0 Å². The molecular weight excluding hydrogens is 254 g/mol. The molecule has 0 aromatic carbocycles. The summed E-state index contributed by atoms with van der Waals surface area (Å²) in [6.45, 7) is 7.67. The van der Waals surface area contributed by atoms with Gasteiger partial charge in [-0.05, 0) is 24.5 Å². The lowest BCUT2D eigenvalue weighted by atomic mass is 9.99. The van der Waals surface area contributed by atoms with Gasteiger partial charge in [0.2, 0.25) is 0 Å². The number of rotatable bonds is 5. The van der Waals surface area contributed by atoms with Crippen molar-refractivity contribution in [3.05, 3.63) is 30.1 Å². The molecule has 1 N–H and O–H groups in total. The molecule has 104 valence electrons. The average molecular weight is 277 g/mol. The Bertz CT molecular complexity index is 415. The Hall–Kier alpha value is -1.03. The predicted octanol–water partition coefficient (Wildman–Crippen LogP) is 3.64. The summed E-state index contributed by atoms with van der Waals surface area (Å²) in [5, 5.41) is 5.24. The summed E-state index contributed by atoms with van der Waals surface area (Å²) in [7, 11) is 0. The number of hydrogen-bond donors (Lipinski definition) is 1. The summed E-state index contributed by atoms with van der Waals surface area (Å²) in [6, 6.07) is 4.34. The van der Waals surface area contributed by atoms with Crippen LogP contribution >= 0.6 is 11.8 Å². The Balaban J connectivity index is 1.88. The first-order valence-electron chi connectivity index (χ1n) is 7.12. The van der Waals surface area contributed by atoms with Crippen molar-refractivity contribution in [2.75, 3.05) is 6.54 Å². The highest BCUT2D eigenvalue weighted by Crippen LogP contribution is 2.31. The van der Waals surface area contributed by atoms with Crippen molar-refractivity contribution in [2.24, 2.45) is 10.9 Å². The zero-order chi connectivity index (χ0) is 13.7. The summed E-state index contributed by atoms with van der Waals surface area (Å²) >= 11 is 1.91. The van der Waals surface area contributed by atoms with Crippen LogP contribution in [0.2, 0.25) is 0 Å². The van der Waals surface area contributed by atoms with Crippen LogP contribution in [-0.4, -0.2) is 21.9 Å². The van der Waals surface area contributed by atoms with E-state index in [1.54, 1.807) is 6.20 Å². The third kappa shape index (κ3) is 3.72. The van der Waals surface area contributed by atoms with Crippen molar-refractivity contribution >= 4 is 16.9 Å². The highest BCUT2D eigenvalue weighted by atomic mass is 32.2. The van der Waals surface area contributed by atoms with Crippen molar-refractivity contribution < 1.29 is 0 Å². The monoisotopic (exact) mass is 277 g/mol. The van der Waals surface area contributed by atoms with Crippen LogP contribution in [0.15, 0.2) is 29.5 Å². The van der Waals surface area contributed by atoms with Crippen LogP contribution in [0.5, 0.6) is 0 Å². The molecule has 1 aromatic heterocycles. The molecule has 2 unspecified atom stereocenters. The molecule has 1 aliphatic heterocycles. The first-order valence-corrected chi connectivity index (χ1v) is 8.00.